The summed E-state index contributed by atoms with van der Waals surface area (Å²) in [6.07, 6.45) is -0.317. The molecule has 0 aliphatic rings. The second-order valence-electron chi connectivity index (χ2n) is 1.80. The second kappa shape index (κ2) is 2.99. The summed E-state index contributed by atoms with van der Waals surface area (Å²) in [4.78, 5) is 0. The van der Waals surface area contributed by atoms with E-state index in [9.17, 15) is 0 Å². The summed E-state index contributed by atoms with van der Waals surface area (Å²) < 4.78 is 0. The molecule has 2 N–H and O–H groups in total. The van der Waals surface area contributed by atoms with E-state index in [0.717, 1.165) is 6.42 Å². The van der Waals surface area contributed by atoms with Gasteiger partial charge in [-0.15, -0.1) is 0 Å². The Kier molecular flexibility index (Phi) is 2.96. The van der Waals surface area contributed by atoms with E-state index in [4.69, 9.17) is 10.2 Å². The number of aliphatic hydroxyl groups is 2. The van der Waals surface area contributed by atoms with Crippen LogP contribution in [0.3, 0.4) is 0 Å². The van der Waals surface area contributed by atoms with Gasteiger partial charge >= 0.3 is 0 Å². The summed E-state index contributed by atoms with van der Waals surface area (Å²) in [7, 11) is 0. The van der Waals surface area contributed by atoms with Crippen LogP contribution in [0.1, 0.15) is 20.3 Å². The van der Waals surface area contributed by atoms with Gasteiger partial charge in [-0.3, -0.25) is 0 Å². The monoisotopic (exact) mass is 104 g/mol. The molecule has 0 amide bonds. The maximum Gasteiger partial charge on any atom is 0.154 e. The molecule has 0 bridgehead atoms. The number of hydrogen-bond acceptors (Lipinski definition) is 2. The highest BCUT2D eigenvalue weighted by atomic mass is 16.5. The van der Waals surface area contributed by atoms with Gasteiger partial charge in [0.2, 0.25) is 0 Å². The van der Waals surface area contributed by atoms with Crippen LogP contribution in [0, 0.1) is 5.92 Å². The molecule has 2 heteroatoms. The summed E-state index contributed by atoms with van der Waals surface area (Å²) in [6, 6.07) is 0. The fourth-order valence-corrected chi connectivity index (χ4v) is 0.211. The minimum Gasteiger partial charge on any atom is -0.368 e. The third-order valence-corrected chi connectivity index (χ3v) is 1.15. The quantitative estimate of drug-likeness (QED) is 0.496. The second-order valence-corrected chi connectivity index (χ2v) is 1.80. The standard InChI is InChI=1S/C5H12O2/c1-3-4(2)5(6)7/h4-7H,3H2,1-2H3. The molecule has 0 saturated carbocycles. The summed E-state index contributed by atoms with van der Waals surface area (Å²) in [5.41, 5.74) is 0. The Hall–Kier alpha value is -0.0800. The van der Waals surface area contributed by atoms with Crippen molar-refractivity contribution in [3.05, 3.63) is 0 Å². The highest BCUT2D eigenvalue weighted by Crippen LogP contribution is 2.02. The van der Waals surface area contributed by atoms with E-state index < -0.39 is 6.29 Å². The molecule has 0 aliphatic carbocycles. The molecule has 0 heterocycles. The largest absolute Gasteiger partial charge is 0.368 e. The number of aliphatic hydroxyl groups excluding tert-OH is 1. The molecule has 0 aromatic rings. The van der Waals surface area contributed by atoms with Crippen molar-refractivity contribution in [1.29, 1.82) is 0 Å². The summed E-state index contributed by atoms with van der Waals surface area (Å²) >= 11 is 0. The molecule has 0 aliphatic heterocycles. The van der Waals surface area contributed by atoms with Crippen LogP contribution < -0.4 is 0 Å². The molecule has 0 fully saturated rings. The molecule has 1 atom stereocenters. The van der Waals surface area contributed by atoms with Crippen molar-refractivity contribution in [1.82, 2.24) is 0 Å². The Morgan fingerprint density at radius 2 is 1.86 bits per heavy atom. The van der Waals surface area contributed by atoms with Gasteiger partial charge in [-0.2, -0.15) is 0 Å². The van der Waals surface area contributed by atoms with Crippen molar-refractivity contribution in [3.8, 4) is 0 Å². The maximum atomic E-state index is 8.38. The molecular formula is C5H12O2. The van der Waals surface area contributed by atoms with E-state index in [-0.39, 0.29) is 5.92 Å². The van der Waals surface area contributed by atoms with E-state index >= 15 is 0 Å². The molecular weight excluding hydrogens is 92.1 g/mol. The smallest absolute Gasteiger partial charge is 0.154 e. The van der Waals surface area contributed by atoms with Gasteiger partial charge in [0.1, 0.15) is 0 Å². The van der Waals surface area contributed by atoms with Crippen molar-refractivity contribution in [2.24, 2.45) is 5.92 Å². The van der Waals surface area contributed by atoms with Crippen molar-refractivity contribution in [2.75, 3.05) is 0 Å². The van der Waals surface area contributed by atoms with Gasteiger partial charge in [0.15, 0.2) is 6.29 Å². The van der Waals surface area contributed by atoms with E-state index in [0.29, 0.717) is 0 Å². The Morgan fingerprint density at radius 3 is 1.86 bits per heavy atom. The first-order valence-corrected chi connectivity index (χ1v) is 2.54. The van der Waals surface area contributed by atoms with Crippen molar-refractivity contribution >= 4 is 0 Å². The van der Waals surface area contributed by atoms with Gasteiger partial charge in [0, 0.05) is 5.92 Å². The zero-order valence-corrected chi connectivity index (χ0v) is 4.76. The van der Waals surface area contributed by atoms with E-state index in [1.54, 1.807) is 6.92 Å². The summed E-state index contributed by atoms with van der Waals surface area (Å²) in [5.74, 6) is 0.0139. The topological polar surface area (TPSA) is 40.5 Å². The highest BCUT2D eigenvalue weighted by molar-refractivity contribution is 4.47. The first-order chi connectivity index (χ1) is 3.18. The lowest BCUT2D eigenvalue weighted by Gasteiger charge is -2.08. The fourth-order valence-electron chi connectivity index (χ4n) is 0.211. The third kappa shape index (κ3) is 2.60. The Morgan fingerprint density at radius 1 is 1.43 bits per heavy atom. The van der Waals surface area contributed by atoms with Gasteiger partial charge in [-0.25, -0.2) is 0 Å². The minimum atomic E-state index is -1.13. The molecule has 0 saturated heterocycles. The molecule has 44 valence electrons. The molecule has 0 radical (unpaired) electrons. The molecule has 7 heavy (non-hydrogen) atoms. The van der Waals surface area contributed by atoms with Crippen LogP contribution in [0.25, 0.3) is 0 Å². The van der Waals surface area contributed by atoms with Crippen molar-refractivity contribution in [2.45, 2.75) is 26.6 Å². The highest BCUT2D eigenvalue weighted by Gasteiger charge is 2.05. The first kappa shape index (κ1) is 6.92. The summed E-state index contributed by atoms with van der Waals surface area (Å²) in [5, 5.41) is 16.8. The normalized spacial score (nSPS) is 15.0. The molecule has 1 unspecified atom stereocenters. The summed E-state index contributed by atoms with van der Waals surface area (Å²) in [6.45, 7) is 3.72. The fraction of sp³-hybridized carbons (Fsp3) is 1.00. The lowest BCUT2D eigenvalue weighted by atomic mass is 10.1. The molecule has 0 aromatic heterocycles. The SMILES string of the molecule is CCC(C)C(O)O. The van der Waals surface area contributed by atoms with Crippen LogP contribution in [0.15, 0.2) is 0 Å². The zero-order chi connectivity index (χ0) is 5.86. The first-order valence-electron chi connectivity index (χ1n) is 2.54. The van der Waals surface area contributed by atoms with Crippen LogP contribution in [-0.4, -0.2) is 16.5 Å². The van der Waals surface area contributed by atoms with Crippen LogP contribution in [0.4, 0.5) is 0 Å². The predicted octanol–water partition coefficient (Wildman–Crippen LogP) is 0.343. The van der Waals surface area contributed by atoms with Crippen LogP contribution in [-0.2, 0) is 0 Å². The van der Waals surface area contributed by atoms with E-state index in [2.05, 4.69) is 0 Å². The average Bonchev–Trinajstić information content (AvgIpc) is 1.65. The van der Waals surface area contributed by atoms with E-state index in [1.807, 2.05) is 6.92 Å². The molecule has 0 spiro atoms. The Bertz CT molecular complexity index is 43.3. The van der Waals surface area contributed by atoms with Crippen LogP contribution in [0.2, 0.25) is 0 Å². The minimum absolute atomic E-state index is 0.0139. The zero-order valence-electron chi connectivity index (χ0n) is 4.76. The van der Waals surface area contributed by atoms with Crippen molar-refractivity contribution in [3.63, 3.8) is 0 Å². The maximum absolute atomic E-state index is 8.38. The van der Waals surface area contributed by atoms with Crippen LogP contribution >= 0.6 is 0 Å². The lowest BCUT2D eigenvalue weighted by Crippen LogP contribution is -2.14. The predicted molar refractivity (Wildman–Crippen MR) is 27.7 cm³/mol. The molecule has 0 rings (SSSR count). The van der Waals surface area contributed by atoms with Gasteiger partial charge in [-0.05, 0) is 6.42 Å². The van der Waals surface area contributed by atoms with Gasteiger partial charge in [-0.1, -0.05) is 13.8 Å². The Balaban J connectivity index is 3.14. The van der Waals surface area contributed by atoms with Crippen molar-refractivity contribution < 1.29 is 10.2 Å². The average molecular weight is 104 g/mol. The number of rotatable bonds is 2. The lowest BCUT2D eigenvalue weighted by molar-refractivity contribution is -0.0790. The van der Waals surface area contributed by atoms with E-state index in [1.165, 1.54) is 0 Å². The Labute approximate surface area is 43.8 Å². The molecule has 0 aromatic carbocycles. The van der Waals surface area contributed by atoms with Gasteiger partial charge < -0.3 is 10.2 Å². The van der Waals surface area contributed by atoms with Gasteiger partial charge in [0.25, 0.3) is 0 Å². The number of hydrogen-bond donors (Lipinski definition) is 2. The molecule has 2 nitrogen and oxygen atoms in total. The third-order valence-electron chi connectivity index (χ3n) is 1.15. The van der Waals surface area contributed by atoms with Crippen LogP contribution in [0.5, 0.6) is 0 Å². The van der Waals surface area contributed by atoms with Gasteiger partial charge in [0.05, 0.1) is 0 Å².